The normalized spacial score (nSPS) is 18.0. The second kappa shape index (κ2) is 9.02. The van der Waals surface area contributed by atoms with Gasteiger partial charge in [-0.1, -0.05) is 23.9 Å². The quantitative estimate of drug-likeness (QED) is 0.473. The molecule has 1 unspecified atom stereocenters. The number of nitro benzene ring substituents is 1. The molecule has 0 aliphatic carbocycles. The minimum Gasteiger partial charge on any atom is -0.378 e. The Morgan fingerprint density at radius 3 is 2.36 bits per heavy atom. The molecule has 2 aromatic carbocycles. The number of non-ortho nitro benzene ring substituents is 1. The second-order valence-corrected chi connectivity index (χ2v) is 8.76. The van der Waals surface area contributed by atoms with E-state index in [9.17, 15) is 24.5 Å². The van der Waals surface area contributed by atoms with Crippen LogP contribution in [0.2, 0.25) is 0 Å². The summed E-state index contributed by atoms with van der Waals surface area (Å²) in [5, 5.41) is 16.3. The minimum absolute atomic E-state index is 0.0266. The van der Waals surface area contributed by atoms with Crippen molar-refractivity contribution in [3.8, 4) is 0 Å². The summed E-state index contributed by atoms with van der Waals surface area (Å²) in [6.07, 6.45) is 0.390. The number of carbonyl (C=O) groups excluding carboxylic acids is 3. The van der Waals surface area contributed by atoms with Crippen molar-refractivity contribution in [3.05, 3.63) is 69.8 Å². The number of nitrogens with zero attached hydrogens (tertiary/aromatic N) is 5. The van der Waals surface area contributed by atoms with Crippen LogP contribution in [0.15, 0.2) is 53.6 Å². The Balaban J connectivity index is 1.64. The van der Waals surface area contributed by atoms with Crippen LogP contribution < -0.4 is 4.90 Å². The van der Waals surface area contributed by atoms with Gasteiger partial charge in [-0.2, -0.15) is 5.10 Å². The van der Waals surface area contributed by atoms with Crippen LogP contribution in [0, 0.1) is 10.1 Å². The Morgan fingerprint density at radius 1 is 1.15 bits per heavy atom. The fourth-order valence-electron chi connectivity index (χ4n) is 3.69. The van der Waals surface area contributed by atoms with Crippen LogP contribution in [-0.2, 0) is 9.59 Å². The standard InChI is InChI=1S/C22H21N5O5S/c1-24(2)16-7-5-15(6-8-16)19-11-18(14-3-9-17(10-4-14)27(31)32)23-26(19)20(28)12-25-21(29)13-33-22(25)30/h3-10,19H,11-13H2,1-2H3. The SMILES string of the molecule is CN(C)c1ccc(C2CC(c3ccc([N+](=O)[O-])cc3)=NN2C(=O)CN2C(=O)CSC2=O)cc1. The van der Waals surface area contributed by atoms with E-state index in [0.29, 0.717) is 17.7 Å². The van der Waals surface area contributed by atoms with Gasteiger partial charge in [-0.05, 0) is 35.4 Å². The number of anilines is 1. The lowest BCUT2D eigenvalue weighted by atomic mass is 9.98. The van der Waals surface area contributed by atoms with Crippen molar-refractivity contribution in [1.82, 2.24) is 9.91 Å². The number of hydrogen-bond donors (Lipinski definition) is 0. The van der Waals surface area contributed by atoms with Crippen molar-refractivity contribution in [2.45, 2.75) is 12.5 Å². The molecule has 170 valence electrons. The molecule has 1 fully saturated rings. The number of benzene rings is 2. The van der Waals surface area contributed by atoms with Gasteiger partial charge in [0.15, 0.2) is 0 Å². The molecule has 1 saturated heterocycles. The van der Waals surface area contributed by atoms with Crippen molar-refractivity contribution >= 4 is 45.9 Å². The zero-order valence-corrected chi connectivity index (χ0v) is 18.8. The molecule has 11 heteroatoms. The third-order valence-corrected chi connectivity index (χ3v) is 6.36. The van der Waals surface area contributed by atoms with Crippen molar-refractivity contribution in [1.29, 1.82) is 0 Å². The smallest absolute Gasteiger partial charge is 0.289 e. The Bertz CT molecular complexity index is 1130. The molecular formula is C22H21N5O5S. The minimum atomic E-state index is -0.479. The first kappa shape index (κ1) is 22.5. The molecule has 0 spiro atoms. The maximum absolute atomic E-state index is 13.1. The van der Waals surface area contributed by atoms with E-state index in [-0.39, 0.29) is 18.0 Å². The predicted molar refractivity (Wildman–Crippen MR) is 124 cm³/mol. The molecule has 10 nitrogen and oxygen atoms in total. The number of imide groups is 1. The number of hydrogen-bond acceptors (Lipinski definition) is 8. The summed E-state index contributed by atoms with van der Waals surface area (Å²) >= 11 is 0.872. The molecule has 1 atom stereocenters. The number of rotatable bonds is 6. The molecule has 0 saturated carbocycles. The highest BCUT2D eigenvalue weighted by atomic mass is 32.2. The summed E-state index contributed by atoms with van der Waals surface area (Å²) in [6, 6.07) is 13.2. The van der Waals surface area contributed by atoms with Crippen molar-refractivity contribution in [2.75, 3.05) is 31.3 Å². The van der Waals surface area contributed by atoms with Crippen LogP contribution in [0.4, 0.5) is 16.2 Å². The van der Waals surface area contributed by atoms with Crippen LogP contribution >= 0.6 is 11.8 Å². The highest BCUT2D eigenvalue weighted by molar-refractivity contribution is 8.14. The molecule has 2 heterocycles. The number of nitro groups is 1. The van der Waals surface area contributed by atoms with Crippen LogP contribution in [0.1, 0.15) is 23.6 Å². The fraction of sp³-hybridized carbons (Fsp3) is 0.273. The van der Waals surface area contributed by atoms with Crippen molar-refractivity contribution < 1.29 is 19.3 Å². The lowest BCUT2D eigenvalue weighted by Gasteiger charge is -2.24. The van der Waals surface area contributed by atoms with Gasteiger partial charge in [-0.3, -0.25) is 29.4 Å². The van der Waals surface area contributed by atoms with Gasteiger partial charge in [0, 0.05) is 38.3 Å². The number of amides is 3. The number of carbonyl (C=O) groups is 3. The first-order chi connectivity index (χ1) is 15.7. The Morgan fingerprint density at radius 2 is 1.82 bits per heavy atom. The van der Waals surface area contributed by atoms with Crippen molar-refractivity contribution in [2.24, 2.45) is 5.10 Å². The molecule has 2 aromatic rings. The summed E-state index contributed by atoms with van der Waals surface area (Å²) < 4.78 is 0. The fourth-order valence-corrected chi connectivity index (χ4v) is 4.41. The summed E-state index contributed by atoms with van der Waals surface area (Å²) in [4.78, 5) is 50.5. The first-order valence-corrected chi connectivity index (χ1v) is 11.1. The Kier molecular flexibility index (Phi) is 6.14. The van der Waals surface area contributed by atoms with Gasteiger partial charge in [-0.15, -0.1) is 0 Å². The molecule has 2 aliphatic rings. The maximum Gasteiger partial charge on any atom is 0.289 e. The van der Waals surface area contributed by atoms with Crippen LogP contribution in [0.25, 0.3) is 0 Å². The van der Waals surface area contributed by atoms with Gasteiger partial charge < -0.3 is 4.90 Å². The van der Waals surface area contributed by atoms with E-state index in [0.717, 1.165) is 27.9 Å². The number of hydrazone groups is 1. The summed E-state index contributed by atoms with van der Waals surface area (Å²) in [5.74, 6) is -0.847. The Hall–Kier alpha value is -3.73. The largest absolute Gasteiger partial charge is 0.378 e. The lowest BCUT2D eigenvalue weighted by Crippen LogP contribution is -2.40. The molecule has 2 aliphatic heterocycles. The zero-order valence-electron chi connectivity index (χ0n) is 18.0. The van der Waals surface area contributed by atoms with E-state index in [4.69, 9.17) is 0 Å². The van der Waals surface area contributed by atoms with E-state index in [1.54, 1.807) is 12.1 Å². The van der Waals surface area contributed by atoms with Crippen LogP contribution in [0.5, 0.6) is 0 Å². The van der Waals surface area contributed by atoms with E-state index in [1.165, 1.54) is 17.1 Å². The molecule has 0 N–H and O–H groups in total. The van der Waals surface area contributed by atoms with Crippen LogP contribution in [-0.4, -0.2) is 64.0 Å². The Labute approximate surface area is 194 Å². The second-order valence-electron chi connectivity index (χ2n) is 7.83. The van der Waals surface area contributed by atoms with Gasteiger partial charge >= 0.3 is 0 Å². The predicted octanol–water partition coefficient (Wildman–Crippen LogP) is 3.03. The van der Waals surface area contributed by atoms with Gasteiger partial charge in [0.25, 0.3) is 16.8 Å². The molecule has 0 radical (unpaired) electrons. The van der Waals surface area contributed by atoms with E-state index in [1.807, 2.05) is 43.3 Å². The average molecular weight is 468 g/mol. The molecule has 3 amide bonds. The van der Waals surface area contributed by atoms with Gasteiger partial charge in [-0.25, -0.2) is 5.01 Å². The van der Waals surface area contributed by atoms with Gasteiger partial charge in [0.1, 0.15) is 6.54 Å². The van der Waals surface area contributed by atoms with Crippen molar-refractivity contribution in [3.63, 3.8) is 0 Å². The third kappa shape index (κ3) is 4.58. The van der Waals surface area contributed by atoms with Gasteiger partial charge in [0.2, 0.25) is 5.91 Å². The third-order valence-electron chi connectivity index (χ3n) is 5.51. The monoisotopic (exact) mass is 467 g/mol. The van der Waals surface area contributed by atoms with E-state index >= 15 is 0 Å². The summed E-state index contributed by atoms with van der Waals surface area (Å²) in [7, 11) is 3.86. The topological polar surface area (TPSA) is 116 Å². The number of thioether (sulfide) groups is 1. The molecule has 0 bridgehead atoms. The lowest BCUT2D eigenvalue weighted by molar-refractivity contribution is -0.384. The van der Waals surface area contributed by atoms with E-state index in [2.05, 4.69) is 5.10 Å². The first-order valence-electron chi connectivity index (χ1n) is 10.1. The highest BCUT2D eigenvalue weighted by Crippen LogP contribution is 2.34. The zero-order chi connectivity index (χ0) is 23.7. The maximum atomic E-state index is 13.1. The molecule has 4 rings (SSSR count). The molecule has 0 aromatic heterocycles. The van der Waals surface area contributed by atoms with E-state index < -0.39 is 28.0 Å². The summed E-state index contributed by atoms with van der Waals surface area (Å²) in [6.45, 7) is -0.381. The van der Waals surface area contributed by atoms with Crippen LogP contribution in [0.3, 0.4) is 0 Å². The molecule has 33 heavy (non-hydrogen) atoms. The highest BCUT2D eigenvalue weighted by Gasteiger charge is 2.37. The van der Waals surface area contributed by atoms with Gasteiger partial charge in [0.05, 0.1) is 22.4 Å². The summed E-state index contributed by atoms with van der Waals surface area (Å²) in [5.41, 5.74) is 3.06. The molecular weight excluding hydrogens is 446 g/mol. The average Bonchev–Trinajstić information content (AvgIpc) is 3.38.